The van der Waals surface area contributed by atoms with E-state index in [0.29, 0.717) is 6.04 Å². The number of hydrogen-bond acceptors (Lipinski definition) is 2. The van der Waals surface area contributed by atoms with Gasteiger partial charge >= 0.3 is 0 Å². The molecule has 0 aliphatic carbocycles. The van der Waals surface area contributed by atoms with Gasteiger partial charge in [0.15, 0.2) is 0 Å². The van der Waals surface area contributed by atoms with Crippen molar-refractivity contribution >= 4 is 0 Å². The Morgan fingerprint density at radius 3 is 2.32 bits per heavy atom. The SMILES string of the molecule is CC(c1ccc(CN2CCC(Cc3ccccc3)CC2)[nH]1)N1CCCCCC1. The van der Waals surface area contributed by atoms with Crippen LogP contribution >= 0.6 is 0 Å². The van der Waals surface area contributed by atoms with Gasteiger partial charge in [-0.05, 0) is 88.8 Å². The van der Waals surface area contributed by atoms with Crippen molar-refractivity contribution in [2.75, 3.05) is 26.2 Å². The minimum atomic E-state index is 0.517. The maximum atomic E-state index is 3.75. The molecule has 3 heteroatoms. The van der Waals surface area contributed by atoms with E-state index in [1.807, 2.05) is 0 Å². The first-order valence-corrected chi connectivity index (χ1v) is 11.5. The van der Waals surface area contributed by atoms with Gasteiger partial charge in [0.1, 0.15) is 0 Å². The molecule has 2 saturated heterocycles. The highest BCUT2D eigenvalue weighted by atomic mass is 15.2. The lowest BCUT2D eigenvalue weighted by atomic mass is 9.90. The summed E-state index contributed by atoms with van der Waals surface area (Å²) in [5.41, 5.74) is 4.28. The zero-order valence-electron chi connectivity index (χ0n) is 17.6. The molecule has 2 aliphatic rings. The average Bonchev–Trinajstić information content (AvgIpc) is 3.02. The summed E-state index contributed by atoms with van der Waals surface area (Å²) in [6.45, 7) is 8.41. The summed E-state index contributed by atoms with van der Waals surface area (Å²) in [4.78, 5) is 9.04. The number of hydrogen-bond donors (Lipinski definition) is 1. The van der Waals surface area contributed by atoms with Crippen molar-refractivity contribution in [1.82, 2.24) is 14.8 Å². The zero-order valence-corrected chi connectivity index (χ0v) is 17.6. The average molecular weight is 380 g/mol. The van der Waals surface area contributed by atoms with Crippen LogP contribution in [0.4, 0.5) is 0 Å². The first kappa shape index (κ1) is 19.7. The number of benzene rings is 1. The first-order chi connectivity index (χ1) is 13.8. The Bertz CT molecular complexity index is 692. The number of H-pyrrole nitrogens is 1. The number of rotatable bonds is 6. The Hall–Kier alpha value is -1.58. The molecule has 1 aromatic heterocycles. The quantitative estimate of drug-likeness (QED) is 0.725. The molecule has 2 aromatic rings. The maximum absolute atomic E-state index is 3.75. The number of aromatic amines is 1. The molecule has 1 aromatic carbocycles. The van der Waals surface area contributed by atoms with Crippen LogP contribution in [0.2, 0.25) is 0 Å². The van der Waals surface area contributed by atoms with E-state index in [1.54, 1.807) is 0 Å². The molecule has 2 fully saturated rings. The minimum absolute atomic E-state index is 0.517. The predicted molar refractivity (Wildman–Crippen MR) is 117 cm³/mol. The van der Waals surface area contributed by atoms with Crippen LogP contribution in [0.15, 0.2) is 42.5 Å². The molecule has 0 radical (unpaired) electrons. The first-order valence-electron chi connectivity index (χ1n) is 11.5. The van der Waals surface area contributed by atoms with Gasteiger partial charge in [0.05, 0.1) is 0 Å². The van der Waals surface area contributed by atoms with E-state index in [4.69, 9.17) is 0 Å². The fraction of sp³-hybridized carbons (Fsp3) is 0.600. The molecule has 0 spiro atoms. The summed E-state index contributed by atoms with van der Waals surface area (Å²) in [6.07, 6.45) is 9.42. The number of nitrogens with one attached hydrogen (secondary N) is 1. The molecule has 1 N–H and O–H groups in total. The van der Waals surface area contributed by atoms with E-state index >= 15 is 0 Å². The van der Waals surface area contributed by atoms with Crippen molar-refractivity contribution in [3.05, 3.63) is 59.4 Å². The third-order valence-electron chi connectivity index (χ3n) is 6.88. The van der Waals surface area contributed by atoms with Gasteiger partial charge in [-0.2, -0.15) is 0 Å². The minimum Gasteiger partial charge on any atom is -0.360 e. The lowest BCUT2D eigenvalue weighted by Crippen LogP contribution is -2.34. The molecule has 3 heterocycles. The summed E-state index contributed by atoms with van der Waals surface area (Å²) >= 11 is 0. The van der Waals surface area contributed by atoms with Gasteiger partial charge < -0.3 is 4.98 Å². The third-order valence-corrected chi connectivity index (χ3v) is 6.88. The molecule has 4 rings (SSSR count). The van der Waals surface area contributed by atoms with Crippen molar-refractivity contribution in [1.29, 1.82) is 0 Å². The van der Waals surface area contributed by atoms with E-state index in [0.717, 1.165) is 12.5 Å². The molecule has 1 unspecified atom stereocenters. The second-order valence-electron chi connectivity index (χ2n) is 8.97. The fourth-order valence-corrected chi connectivity index (χ4v) is 5.01. The molecule has 3 nitrogen and oxygen atoms in total. The highest BCUT2D eigenvalue weighted by Gasteiger charge is 2.21. The third kappa shape index (κ3) is 5.27. The second-order valence-corrected chi connectivity index (χ2v) is 8.97. The Kier molecular flexibility index (Phi) is 6.87. The highest BCUT2D eigenvalue weighted by Crippen LogP contribution is 2.25. The standard InChI is InChI=1S/C25H37N3/c1-21(28-15-7-2-3-8-16-28)25-12-11-24(26-25)20-27-17-13-23(14-18-27)19-22-9-5-4-6-10-22/h4-6,9-12,21,23,26H,2-3,7-8,13-20H2,1H3. The van der Waals surface area contributed by atoms with Crippen molar-refractivity contribution in [2.24, 2.45) is 5.92 Å². The highest BCUT2D eigenvalue weighted by molar-refractivity contribution is 5.17. The molecule has 1 atom stereocenters. The van der Waals surface area contributed by atoms with Crippen LogP contribution in [0.1, 0.15) is 68.4 Å². The fourth-order valence-electron chi connectivity index (χ4n) is 5.01. The summed E-state index contributed by atoms with van der Waals surface area (Å²) < 4.78 is 0. The van der Waals surface area contributed by atoms with E-state index < -0.39 is 0 Å². The van der Waals surface area contributed by atoms with Gasteiger partial charge in [0.2, 0.25) is 0 Å². The van der Waals surface area contributed by atoms with E-state index in [1.165, 1.54) is 88.1 Å². The van der Waals surface area contributed by atoms with Crippen molar-refractivity contribution < 1.29 is 0 Å². The summed E-state index contributed by atoms with van der Waals surface area (Å²) in [5.74, 6) is 0.848. The largest absolute Gasteiger partial charge is 0.360 e. The second kappa shape index (κ2) is 9.76. The molecule has 28 heavy (non-hydrogen) atoms. The van der Waals surface area contributed by atoms with Crippen molar-refractivity contribution in [2.45, 2.75) is 64.5 Å². The van der Waals surface area contributed by atoms with Gasteiger partial charge in [-0.3, -0.25) is 9.80 Å². The molecule has 0 amide bonds. The molecule has 0 bridgehead atoms. The van der Waals surface area contributed by atoms with Gasteiger partial charge in [-0.15, -0.1) is 0 Å². The van der Waals surface area contributed by atoms with Crippen molar-refractivity contribution in [3.63, 3.8) is 0 Å². The molecule has 0 saturated carbocycles. The summed E-state index contributed by atoms with van der Waals surface area (Å²) in [5, 5.41) is 0. The Morgan fingerprint density at radius 1 is 0.893 bits per heavy atom. The van der Waals surface area contributed by atoms with Gasteiger partial charge in [0.25, 0.3) is 0 Å². The predicted octanol–water partition coefficient (Wildman–Crippen LogP) is 5.41. The molecular weight excluding hydrogens is 342 g/mol. The van der Waals surface area contributed by atoms with Gasteiger partial charge in [-0.25, -0.2) is 0 Å². The van der Waals surface area contributed by atoms with E-state index in [9.17, 15) is 0 Å². The van der Waals surface area contributed by atoms with Crippen LogP contribution in [0.5, 0.6) is 0 Å². The smallest absolute Gasteiger partial charge is 0.0470 e. The number of likely N-dealkylation sites (tertiary alicyclic amines) is 2. The summed E-state index contributed by atoms with van der Waals surface area (Å²) in [7, 11) is 0. The Balaban J connectivity index is 1.25. The van der Waals surface area contributed by atoms with Crippen LogP contribution in [0, 0.1) is 5.92 Å². The molecule has 152 valence electrons. The zero-order chi connectivity index (χ0) is 19.2. The van der Waals surface area contributed by atoms with Crippen LogP contribution in [-0.2, 0) is 13.0 Å². The van der Waals surface area contributed by atoms with E-state index in [2.05, 4.69) is 64.2 Å². The van der Waals surface area contributed by atoms with Crippen LogP contribution < -0.4 is 0 Å². The van der Waals surface area contributed by atoms with Crippen molar-refractivity contribution in [3.8, 4) is 0 Å². The van der Waals surface area contributed by atoms with E-state index in [-0.39, 0.29) is 0 Å². The number of aromatic nitrogens is 1. The van der Waals surface area contributed by atoms with Gasteiger partial charge in [0, 0.05) is 24.0 Å². The lowest BCUT2D eigenvalue weighted by Gasteiger charge is -2.32. The van der Waals surface area contributed by atoms with Gasteiger partial charge in [-0.1, -0.05) is 43.2 Å². The summed E-state index contributed by atoms with van der Waals surface area (Å²) in [6, 6.07) is 16.2. The Labute approximate surface area is 171 Å². The number of piperidine rings is 1. The normalized spacial score (nSPS) is 21.5. The van der Waals surface area contributed by atoms with Crippen LogP contribution in [0.3, 0.4) is 0 Å². The monoisotopic (exact) mass is 379 g/mol. The van der Waals surface area contributed by atoms with Crippen LogP contribution in [0.25, 0.3) is 0 Å². The lowest BCUT2D eigenvalue weighted by molar-refractivity contribution is 0.175. The topological polar surface area (TPSA) is 22.3 Å². The molecular formula is C25H37N3. The Morgan fingerprint density at radius 2 is 1.61 bits per heavy atom. The van der Waals surface area contributed by atoms with Crippen LogP contribution in [-0.4, -0.2) is 41.0 Å². The number of nitrogens with zero attached hydrogens (tertiary/aromatic N) is 2. The molecule has 2 aliphatic heterocycles. The maximum Gasteiger partial charge on any atom is 0.0470 e.